The fraction of sp³-hybridized carbons (Fsp3) is 0.300. The predicted octanol–water partition coefficient (Wildman–Crippen LogP) is 4.97. The minimum atomic E-state index is -0.486. The standard InChI is InChI=1S/C20H21N3O3S.BrH/c1-14-7-8-15(2)18(11-14)22(20-21-9-4-10-27-20)13-19(24)16-5-3-6-17(12-16)23(25)26;/h3,5-8,11-12H,4,9-10,13H2,1-2H3;1H. The largest absolute Gasteiger partial charge is 0.313 e. The van der Waals surface area contributed by atoms with Crippen molar-refractivity contribution in [2.24, 2.45) is 4.99 Å². The number of thioether (sulfide) groups is 1. The molecule has 0 N–H and O–H groups in total. The highest BCUT2D eigenvalue weighted by atomic mass is 79.9. The summed E-state index contributed by atoms with van der Waals surface area (Å²) < 4.78 is 0. The molecule has 0 radical (unpaired) electrons. The Bertz CT molecular complexity index is 917. The van der Waals surface area contributed by atoms with Crippen LogP contribution in [-0.2, 0) is 0 Å². The van der Waals surface area contributed by atoms with E-state index in [4.69, 9.17) is 0 Å². The van der Waals surface area contributed by atoms with Gasteiger partial charge in [0.05, 0.1) is 11.5 Å². The second-order valence-electron chi connectivity index (χ2n) is 6.47. The van der Waals surface area contributed by atoms with Gasteiger partial charge in [0.1, 0.15) is 0 Å². The van der Waals surface area contributed by atoms with Crippen LogP contribution in [0.4, 0.5) is 11.4 Å². The van der Waals surface area contributed by atoms with Gasteiger partial charge in [-0.05, 0) is 37.5 Å². The molecule has 2 aromatic carbocycles. The van der Waals surface area contributed by atoms with Gasteiger partial charge in [0, 0.05) is 35.7 Å². The first kappa shape index (κ1) is 22.1. The molecule has 1 aliphatic rings. The lowest BCUT2D eigenvalue weighted by atomic mass is 10.1. The van der Waals surface area contributed by atoms with E-state index in [1.807, 2.05) is 36.9 Å². The van der Waals surface area contributed by atoms with Gasteiger partial charge in [-0.15, -0.1) is 17.0 Å². The van der Waals surface area contributed by atoms with Crippen LogP contribution in [0.3, 0.4) is 0 Å². The molecule has 0 amide bonds. The Morgan fingerprint density at radius 1 is 1.25 bits per heavy atom. The number of carbonyl (C=O) groups excluding carboxylic acids is 1. The maximum absolute atomic E-state index is 12.9. The number of carbonyl (C=O) groups is 1. The van der Waals surface area contributed by atoms with Gasteiger partial charge in [-0.3, -0.25) is 19.9 Å². The molecule has 0 unspecified atom stereocenters. The van der Waals surface area contributed by atoms with Gasteiger partial charge in [-0.25, -0.2) is 0 Å². The number of benzene rings is 2. The van der Waals surface area contributed by atoms with Gasteiger partial charge in [0.2, 0.25) is 0 Å². The molecule has 8 heteroatoms. The third-order valence-corrected chi connectivity index (χ3v) is 5.45. The highest BCUT2D eigenvalue weighted by Gasteiger charge is 2.22. The first-order valence-electron chi connectivity index (χ1n) is 8.75. The van der Waals surface area contributed by atoms with Crippen molar-refractivity contribution < 1.29 is 9.72 Å². The zero-order valence-corrected chi connectivity index (χ0v) is 18.3. The molecule has 0 atom stereocenters. The Morgan fingerprint density at radius 2 is 2.04 bits per heavy atom. The number of hydrogen-bond acceptors (Lipinski definition) is 6. The van der Waals surface area contributed by atoms with E-state index in [2.05, 4.69) is 4.99 Å². The van der Waals surface area contributed by atoms with Crippen molar-refractivity contribution in [1.29, 1.82) is 0 Å². The molecular formula is C20H22BrN3O3S. The van der Waals surface area contributed by atoms with Gasteiger partial charge < -0.3 is 4.90 Å². The number of Topliss-reactive ketones (excluding diaryl/α,β-unsaturated/α-hetero) is 1. The van der Waals surface area contributed by atoms with Gasteiger partial charge in [0.25, 0.3) is 5.69 Å². The molecule has 3 rings (SSSR count). The number of anilines is 1. The van der Waals surface area contributed by atoms with Crippen LogP contribution in [0.5, 0.6) is 0 Å². The number of nitro benzene ring substituents is 1. The molecule has 0 bridgehead atoms. The quantitative estimate of drug-likeness (QED) is 0.355. The number of nitrogens with zero attached hydrogens (tertiary/aromatic N) is 3. The average molecular weight is 464 g/mol. The summed E-state index contributed by atoms with van der Waals surface area (Å²) in [6, 6.07) is 12.0. The summed E-state index contributed by atoms with van der Waals surface area (Å²) in [5.74, 6) is 0.791. The number of hydrogen-bond donors (Lipinski definition) is 0. The molecule has 0 saturated carbocycles. The topological polar surface area (TPSA) is 75.8 Å². The van der Waals surface area contributed by atoms with Crippen LogP contribution in [0, 0.1) is 24.0 Å². The lowest BCUT2D eigenvalue weighted by Crippen LogP contribution is -2.36. The summed E-state index contributed by atoms with van der Waals surface area (Å²) in [6.07, 6.45) is 1.02. The van der Waals surface area contributed by atoms with Crippen LogP contribution >= 0.6 is 28.7 Å². The summed E-state index contributed by atoms with van der Waals surface area (Å²) in [7, 11) is 0. The van der Waals surface area contributed by atoms with E-state index < -0.39 is 4.92 Å². The van der Waals surface area contributed by atoms with Crippen LogP contribution in [-0.4, -0.2) is 34.7 Å². The third-order valence-electron chi connectivity index (χ3n) is 4.35. The van der Waals surface area contributed by atoms with Crippen LogP contribution < -0.4 is 4.90 Å². The molecule has 1 aliphatic heterocycles. The van der Waals surface area contributed by atoms with E-state index in [0.29, 0.717) is 5.56 Å². The van der Waals surface area contributed by atoms with E-state index in [-0.39, 0.29) is 35.0 Å². The Labute approximate surface area is 179 Å². The van der Waals surface area contributed by atoms with E-state index in [1.54, 1.807) is 23.9 Å². The third kappa shape index (κ3) is 5.20. The molecule has 0 aromatic heterocycles. The van der Waals surface area contributed by atoms with Crippen molar-refractivity contribution in [3.63, 3.8) is 0 Å². The molecule has 0 fully saturated rings. The normalized spacial score (nSPS) is 13.3. The van der Waals surface area contributed by atoms with E-state index in [0.717, 1.165) is 40.7 Å². The van der Waals surface area contributed by atoms with Gasteiger partial charge in [-0.2, -0.15) is 0 Å². The van der Waals surface area contributed by atoms with E-state index >= 15 is 0 Å². The first-order chi connectivity index (χ1) is 13.0. The van der Waals surface area contributed by atoms with Gasteiger partial charge in [0.15, 0.2) is 11.0 Å². The van der Waals surface area contributed by atoms with Crippen molar-refractivity contribution in [3.8, 4) is 0 Å². The van der Waals surface area contributed by atoms with Gasteiger partial charge in [-0.1, -0.05) is 36.0 Å². The summed E-state index contributed by atoms with van der Waals surface area (Å²) >= 11 is 1.64. The highest BCUT2D eigenvalue weighted by molar-refractivity contribution is 8.93. The smallest absolute Gasteiger partial charge is 0.270 e. The van der Waals surface area contributed by atoms with Crippen LogP contribution in [0.2, 0.25) is 0 Å². The van der Waals surface area contributed by atoms with Crippen molar-refractivity contribution in [3.05, 3.63) is 69.3 Å². The zero-order chi connectivity index (χ0) is 19.4. The molecule has 6 nitrogen and oxygen atoms in total. The first-order valence-corrected chi connectivity index (χ1v) is 9.74. The lowest BCUT2D eigenvalue weighted by Gasteiger charge is -2.28. The maximum Gasteiger partial charge on any atom is 0.270 e. The molecule has 28 heavy (non-hydrogen) atoms. The van der Waals surface area contributed by atoms with E-state index in [1.165, 1.54) is 12.1 Å². The minimum Gasteiger partial charge on any atom is -0.313 e. The fourth-order valence-corrected chi connectivity index (χ4v) is 3.86. The van der Waals surface area contributed by atoms with Gasteiger partial charge >= 0.3 is 0 Å². The number of aliphatic imine (C=N–C) groups is 1. The number of aryl methyl sites for hydroxylation is 2. The fourth-order valence-electron chi connectivity index (χ4n) is 2.91. The Balaban J connectivity index is 0.00000280. The zero-order valence-electron chi connectivity index (χ0n) is 15.8. The van der Waals surface area contributed by atoms with Crippen molar-refractivity contribution >= 4 is 51.1 Å². The number of ketones is 1. The molecular weight excluding hydrogens is 442 g/mol. The second-order valence-corrected chi connectivity index (χ2v) is 7.54. The molecule has 2 aromatic rings. The maximum atomic E-state index is 12.9. The molecule has 0 spiro atoms. The van der Waals surface area contributed by atoms with E-state index in [9.17, 15) is 14.9 Å². The summed E-state index contributed by atoms with van der Waals surface area (Å²) in [4.78, 5) is 30.0. The molecule has 0 aliphatic carbocycles. The van der Waals surface area contributed by atoms with Crippen molar-refractivity contribution in [2.45, 2.75) is 20.3 Å². The number of halogens is 1. The Hall–Kier alpha value is -2.19. The summed E-state index contributed by atoms with van der Waals surface area (Å²) in [5.41, 5.74) is 3.36. The number of rotatable bonds is 5. The summed E-state index contributed by atoms with van der Waals surface area (Å²) in [6.45, 7) is 4.86. The number of amidine groups is 1. The molecule has 0 saturated heterocycles. The van der Waals surface area contributed by atoms with Crippen molar-refractivity contribution in [2.75, 3.05) is 23.7 Å². The minimum absolute atomic E-state index is 0. The predicted molar refractivity (Wildman–Crippen MR) is 120 cm³/mol. The number of nitro groups is 1. The lowest BCUT2D eigenvalue weighted by molar-refractivity contribution is -0.384. The van der Waals surface area contributed by atoms with Crippen LogP contribution in [0.15, 0.2) is 47.5 Å². The van der Waals surface area contributed by atoms with Crippen LogP contribution in [0.25, 0.3) is 0 Å². The SMILES string of the molecule is Br.Cc1ccc(C)c(N(CC(=O)c2cccc([N+](=O)[O-])c2)C2=NCCCS2)c1. The summed E-state index contributed by atoms with van der Waals surface area (Å²) in [5, 5.41) is 11.8. The Kier molecular flexibility index (Phi) is 7.77. The number of non-ortho nitro benzene ring substituents is 1. The average Bonchev–Trinajstić information content (AvgIpc) is 2.68. The van der Waals surface area contributed by atoms with Crippen molar-refractivity contribution in [1.82, 2.24) is 0 Å². The monoisotopic (exact) mass is 463 g/mol. The van der Waals surface area contributed by atoms with Crippen LogP contribution in [0.1, 0.15) is 27.9 Å². The highest BCUT2D eigenvalue weighted by Crippen LogP contribution is 2.27. The molecule has 148 valence electrons. The molecule has 1 heterocycles. The second kappa shape index (κ2) is 9.84. The Morgan fingerprint density at radius 3 is 2.71 bits per heavy atom.